The van der Waals surface area contributed by atoms with E-state index in [0.717, 1.165) is 52.8 Å². The fraction of sp³-hybridized carbons (Fsp3) is 0.360. The lowest BCUT2D eigenvalue weighted by Gasteiger charge is -2.38. The molecule has 0 N–H and O–H groups in total. The van der Waals surface area contributed by atoms with Gasteiger partial charge in [0.15, 0.2) is 0 Å². The highest BCUT2D eigenvalue weighted by Crippen LogP contribution is 2.40. The Morgan fingerprint density at radius 2 is 1.94 bits per heavy atom. The molecule has 1 aromatic heterocycles. The van der Waals surface area contributed by atoms with Crippen molar-refractivity contribution in [3.8, 4) is 10.6 Å². The van der Waals surface area contributed by atoms with Gasteiger partial charge in [0.25, 0.3) is 0 Å². The van der Waals surface area contributed by atoms with Crippen LogP contribution < -0.4 is 4.90 Å². The van der Waals surface area contributed by atoms with Crippen LogP contribution in [-0.2, 0) is 9.47 Å². The smallest absolute Gasteiger partial charge is 0.339 e. The predicted octanol–water partition coefficient (Wildman–Crippen LogP) is 6.16. The highest BCUT2D eigenvalue weighted by molar-refractivity contribution is 7.15. The lowest BCUT2D eigenvalue weighted by molar-refractivity contribution is 0.0469. The molecule has 32 heavy (non-hydrogen) atoms. The number of ether oxygens (including phenoxy) is 2. The Bertz CT molecular complexity index is 1080. The van der Waals surface area contributed by atoms with E-state index < -0.39 is 0 Å². The summed E-state index contributed by atoms with van der Waals surface area (Å²) in [6, 6.07) is 15.4. The number of rotatable bonds is 6. The maximum absolute atomic E-state index is 12.3. The lowest BCUT2D eigenvalue weighted by atomic mass is 9.90. The molecule has 2 atom stereocenters. The molecule has 1 saturated heterocycles. The molecule has 5 nitrogen and oxygen atoms in total. The molecule has 2 heterocycles. The van der Waals surface area contributed by atoms with Crippen LogP contribution in [0.15, 0.2) is 48.5 Å². The molecule has 4 rings (SSSR count). The van der Waals surface area contributed by atoms with Gasteiger partial charge in [-0.1, -0.05) is 35.9 Å². The predicted molar refractivity (Wildman–Crippen MR) is 130 cm³/mol. The topological polar surface area (TPSA) is 51.7 Å². The number of methoxy groups -OCH3 is 2. The summed E-state index contributed by atoms with van der Waals surface area (Å²) in [6.07, 6.45) is 2.03. The summed E-state index contributed by atoms with van der Waals surface area (Å²) in [4.78, 5) is 20.5. The molecule has 3 aromatic rings. The minimum absolute atomic E-state index is 0.0540. The van der Waals surface area contributed by atoms with Gasteiger partial charge in [-0.15, -0.1) is 11.3 Å². The Balaban J connectivity index is 1.59. The molecule has 0 bridgehead atoms. The number of hydrogen-bond acceptors (Lipinski definition) is 6. The lowest BCUT2D eigenvalue weighted by Crippen LogP contribution is -2.39. The van der Waals surface area contributed by atoms with Crippen molar-refractivity contribution in [3.63, 3.8) is 0 Å². The first-order chi connectivity index (χ1) is 15.5. The summed E-state index contributed by atoms with van der Waals surface area (Å²) in [5.41, 5.74) is 3.57. The van der Waals surface area contributed by atoms with Gasteiger partial charge < -0.3 is 14.4 Å². The molecule has 168 valence electrons. The number of halogens is 1. The molecular formula is C25H27ClN2O3S. The van der Waals surface area contributed by atoms with E-state index in [-0.39, 0.29) is 18.0 Å². The number of carbonyl (C=O) groups is 1. The molecule has 1 aliphatic heterocycles. The fourth-order valence-electron chi connectivity index (χ4n) is 4.41. The molecule has 2 unspecified atom stereocenters. The van der Waals surface area contributed by atoms with Gasteiger partial charge in [0.1, 0.15) is 5.01 Å². The van der Waals surface area contributed by atoms with Gasteiger partial charge in [0.05, 0.1) is 35.0 Å². The molecule has 0 amide bonds. The van der Waals surface area contributed by atoms with Crippen molar-refractivity contribution in [1.82, 2.24) is 4.98 Å². The summed E-state index contributed by atoms with van der Waals surface area (Å²) < 4.78 is 11.0. The quantitative estimate of drug-likeness (QED) is 0.403. The van der Waals surface area contributed by atoms with E-state index in [1.54, 1.807) is 18.4 Å². The van der Waals surface area contributed by atoms with E-state index in [1.165, 1.54) is 7.11 Å². The zero-order valence-corrected chi connectivity index (χ0v) is 20.1. The highest BCUT2D eigenvalue weighted by Gasteiger charge is 2.32. The van der Waals surface area contributed by atoms with Crippen LogP contribution in [-0.4, -0.2) is 38.3 Å². The van der Waals surface area contributed by atoms with Crippen LogP contribution in [0.1, 0.15) is 39.9 Å². The normalized spacial score (nSPS) is 17.2. The molecule has 0 saturated carbocycles. The average Bonchev–Trinajstić information content (AvgIpc) is 3.21. The van der Waals surface area contributed by atoms with Gasteiger partial charge in [0, 0.05) is 36.7 Å². The fourth-order valence-corrected chi connectivity index (χ4v) is 5.78. The Kier molecular flexibility index (Phi) is 7.13. The minimum Gasteiger partial charge on any atom is -0.465 e. The number of aryl methyl sites for hydroxylation is 1. The first-order valence-corrected chi connectivity index (χ1v) is 11.9. The Morgan fingerprint density at radius 1 is 1.19 bits per heavy atom. The average molecular weight is 471 g/mol. The van der Waals surface area contributed by atoms with Crippen molar-refractivity contribution in [3.05, 3.63) is 69.7 Å². The van der Waals surface area contributed by atoms with E-state index in [2.05, 4.69) is 4.90 Å². The molecule has 0 spiro atoms. The maximum Gasteiger partial charge on any atom is 0.339 e. The number of carbonyl (C=O) groups excluding carboxylic acids is 1. The summed E-state index contributed by atoms with van der Waals surface area (Å²) in [7, 11) is 3.19. The van der Waals surface area contributed by atoms with Crippen LogP contribution in [0.5, 0.6) is 0 Å². The number of aromatic nitrogens is 1. The molecule has 1 aliphatic rings. The summed E-state index contributed by atoms with van der Waals surface area (Å²) in [5, 5.41) is 1.69. The van der Waals surface area contributed by atoms with E-state index in [9.17, 15) is 4.79 Å². The molecule has 2 aromatic carbocycles. The van der Waals surface area contributed by atoms with E-state index in [0.29, 0.717) is 10.6 Å². The van der Waals surface area contributed by atoms with Crippen LogP contribution in [0, 0.1) is 12.8 Å². The molecule has 0 radical (unpaired) electrons. The first kappa shape index (κ1) is 22.8. The second kappa shape index (κ2) is 10.0. The van der Waals surface area contributed by atoms with Crippen molar-refractivity contribution in [1.29, 1.82) is 0 Å². The Labute approximate surface area is 198 Å². The maximum atomic E-state index is 12.3. The van der Waals surface area contributed by atoms with Crippen molar-refractivity contribution >= 4 is 34.6 Å². The number of para-hydroxylation sites is 1. The van der Waals surface area contributed by atoms with Gasteiger partial charge in [-0.25, -0.2) is 9.78 Å². The van der Waals surface area contributed by atoms with Gasteiger partial charge in [-0.2, -0.15) is 0 Å². The van der Waals surface area contributed by atoms with Gasteiger partial charge in [-0.05, 0) is 44.0 Å². The second-order valence-electron chi connectivity index (χ2n) is 7.99. The van der Waals surface area contributed by atoms with Gasteiger partial charge in [-0.3, -0.25) is 0 Å². The van der Waals surface area contributed by atoms with Crippen LogP contribution in [0.25, 0.3) is 10.6 Å². The third-order valence-electron chi connectivity index (χ3n) is 5.97. The number of benzene rings is 2. The number of thiazole rings is 1. The van der Waals surface area contributed by atoms with Crippen LogP contribution in [0.2, 0.25) is 5.02 Å². The van der Waals surface area contributed by atoms with Crippen molar-refractivity contribution < 1.29 is 14.3 Å². The molecule has 0 aliphatic carbocycles. The highest BCUT2D eigenvalue weighted by atomic mass is 35.5. The standard InChI is InChI=1S/C25H27ClN2O3S/c1-16-23(32-24(27-16)17-10-12-19(26)13-11-17)22(30-2)18-7-6-14-28(15-18)21-9-5-4-8-20(21)25(29)31-3/h4-5,8-13,18,22H,6-7,14-15H2,1-3H3. The zero-order chi connectivity index (χ0) is 22.7. The number of esters is 1. The number of nitrogens with zero attached hydrogens (tertiary/aromatic N) is 2. The van der Waals surface area contributed by atoms with Crippen LogP contribution in [0.3, 0.4) is 0 Å². The number of piperidine rings is 1. The van der Waals surface area contributed by atoms with Crippen molar-refractivity contribution in [2.24, 2.45) is 5.92 Å². The Morgan fingerprint density at radius 3 is 2.66 bits per heavy atom. The Hall–Kier alpha value is -2.41. The number of anilines is 1. The van der Waals surface area contributed by atoms with E-state index >= 15 is 0 Å². The molecule has 1 fully saturated rings. The minimum atomic E-state index is -0.308. The molecule has 7 heteroatoms. The number of hydrogen-bond donors (Lipinski definition) is 0. The third kappa shape index (κ3) is 4.68. The summed E-state index contributed by atoms with van der Waals surface area (Å²) in [5.74, 6) is -0.0198. The van der Waals surface area contributed by atoms with Gasteiger partial charge >= 0.3 is 5.97 Å². The summed E-state index contributed by atoms with van der Waals surface area (Å²) in [6.45, 7) is 3.75. The van der Waals surface area contributed by atoms with Crippen LogP contribution >= 0.6 is 22.9 Å². The van der Waals surface area contributed by atoms with E-state index in [4.69, 9.17) is 26.1 Å². The summed E-state index contributed by atoms with van der Waals surface area (Å²) >= 11 is 7.73. The largest absolute Gasteiger partial charge is 0.465 e. The van der Waals surface area contributed by atoms with E-state index in [1.807, 2.05) is 55.5 Å². The second-order valence-corrected chi connectivity index (χ2v) is 9.46. The van der Waals surface area contributed by atoms with Crippen molar-refractivity contribution in [2.45, 2.75) is 25.9 Å². The first-order valence-electron chi connectivity index (χ1n) is 10.7. The molecular weight excluding hydrogens is 444 g/mol. The SMILES string of the molecule is COC(=O)c1ccccc1N1CCCC(C(OC)c2sc(-c3ccc(Cl)cc3)nc2C)C1. The monoisotopic (exact) mass is 470 g/mol. The van der Waals surface area contributed by atoms with Crippen LogP contribution in [0.4, 0.5) is 5.69 Å². The third-order valence-corrected chi connectivity index (χ3v) is 7.49. The van der Waals surface area contributed by atoms with Gasteiger partial charge in [0.2, 0.25) is 0 Å². The van der Waals surface area contributed by atoms with Crippen molar-refractivity contribution in [2.75, 3.05) is 32.2 Å². The zero-order valence-electron chi connectivity index (χ0n) is 18.5.